The van der Waals surface area contributed by atoms with E-state index in [1.54, 1.807) is 0 Å². The van der Waals surface area contributed by atoms with Crippen LogP contribution in [-0.4, -0.2) is 34.5 Å². The number of hydrogen-bond acceptors (Lipinski definition) is 3. The molecule has 228 valence electrons. The summed E-state index contributed by atoms with van der Waals surface area (Å²) in [5.41, 5.74) is -3.94. The van der Waals surface area contributed by atoms with Crippen LogP contribution in [0, 0.1) is 0 Å². The molecule has 3 rings (SSSR count). The summed E-state index contributed by atoms with van der Waals surface area (Å²) in [7, 11) is 0. The van der Waals surface area contributed by atoms with Crippen molar-refractivity contribution >= 4 is 6.09 Å². The quantitative estimate of drug-likeness (QED) is 0.285. The van der Waals surface area contributed by atoms with Gasteiger partial charge >= 0.3 is 24.6 Å². The molecule has 2 aromatic carbocycles. The number of hydrogen-bond donors (Lipinski definition) is 0. The SMILES string of the molecule is CCC(c1ccc(C(F)(F)F)cc1CN1C(=O)O[C@H](c2cc(C(F)(F)F)cc(C(F)(F)F)c2)[C@@H]1C)N(CC)C(C)C. The van der Waals surface area contributed by atoms with Gasteiger partial charge in [0, 0.05) is 18.6 Å². The summed E-state index contributed by atoms with van der Waals surface area (Å²) in [6.07, 6.45) is -17.0. The highest BCUT2D eigenvalue weighted by atomic mass is 19.4. The Hall–Kier alpha value is -2.96. The fourth-order valence-electron chi connectivity index (χ4n) is 5.31. The molecule has 3 atom stereocenters. The first-order valence-electron chi connectivity index (χ1n) is 13.0. The minimum atomic E-state index is -5.11. The van der Waals surface area contributed by atoms with Gasteiger partial charge in [0.2, 0.25) is 0 Å². The number of rotatable bonds is 8. The van der Waals surface area contributed by atoms with Crippen molar-refractivity contribution in [2.24, 2.45) is 0 Å². The highest BCUT2D eigenvalue weighted by Gasteiger charge is 2.44. The molecule has 1 amide bonds. The first kappa shape index (κ1) is 32.6. The second-order valence-electron chi connectivity index (χ2n) is 10.3. The van der Waals surface area contributed by atoms with Crippen molar-refractivity contribution in [3.63, 3.8) is 0 Å². The highest BCUT2D eigenvalue weighted by Crippen LogP contribution is 2.42. The van der Waals surface area contributed by atoms with Crippen LogP contribution >= 0.6 is 0 Å². The van der Waals surface area contributed by atoms with E-state index in [-0.39, 0.29) is 23.7 Å². The van der Waals surface area contributed by atoms with Gasteiger partial charge in [0.25, 0.3) is 0 Å². The number of amides is 1. The van der Waals surface area contributed by atoms with Gasteiger partial charge in [0.15, 0.2) is 0 Å². The Morgan fingerprint density at radius 1 is 0.854 bits per heavy atom. The molecule has 0 saturated carbocycles. The van der Waals surface area contributed by atoms with Gasteiger partial charge in [0.1, 0.15) is 6.10 Å². The number of ether oxygens (including phenoxy) is 1. The van der Waals surface area contributed by atoms with Crippen LogP contribution in [0.2, 0.25) is 0 Å². The van der Waals surface area contributed by atoms with Gasteiger partial charge in [-0.05, 0) is 80.8 Å². The molecule has 0 spiro atoms. The molecule has 1 unspecified atom stereocenters. The van der Waals surface area contributed by atoms with E-state index in [4.69, 9.17) is 4.74 Å². The van der Waals surface area contributed by atoms with Crippen LogP contribution in [0.4, 0.5) is 44.3 Å². The van der Waals surface area contributed by atoms with Crippen molar-refractivity contribution in [3.8, 4) is 0 Å². The average Bonchev–Trinajstić information content (AvgIpc) is 3.13. The summed E-state index contributed by atoms with van der Waals surface area (Å²) in [4.78, 5) is 16.0. The third kappa shape index (κ3) is 7.10. The summed E-state index contributed by atoms with van der Waals surface area (Å²) >= 11 is 0. The number of cyclic esters (lactones) is 1. The van der Waals surface area contributed by atoms with Crippen molar-refractivity contribution in [3.05, 3.63) is 69.8 Å². The van der Waals surface area contributed by atoms with Crippen LogP contribution in [0.1, 0.15) is 86.6 Å². The van der Waals surface area contributed by atoms with Crippen molar-refractivity contribution in [1.29, 1.82) is 0 Å². The van der Waals surface area contributed by atoms with E-state index in [2.05, 4.69) is 4.90 Å². The normalized spacial score (nSPS) is 19.3. The maximum atomic E-state index is 13.7. The average molecular weight is 599 g/mol. The zero-order valence-corrected chi connectivity index (χ0v) is 23.0. The Morgan fingerprint density at radius 2 is 1.39 bits per heavy atom. The van der Waals surface area contributed by atoms with E-state index in [0.29, 0.717) is 30.7 Å². The zero-order valence-electron chi connectivity index (χ0n) is 23.0. The minimum Gasteiger partial charge on any atom is -0.439 e. The standard InChI is InChI=1S/C28H31F9N2O2/c1-6-23(38(7-2)15(3)4)22-9-8-19(26(29,30)31)12-18(22)14-39-16(5)24(41-25(39)40)17-10-20(27(32,33)34)13-21(11-17)28(35,36)37/h8-13,15-16,23-24H,6-7,14H2,1-5H3/t16-,23?,24-/m0/s1. The van der Waals surface area contributed by atoms with Crippen LogP contribution in [0.15, 0.2) is 36.4 Å². The number of benzene rings is 2. The van der Waals surface area contributed by atoms with E-state index in [0.717, 1.165) is 17.0 Å². The monoisotopic (exact) mass is 598 g/mol. The molecule has 1 aliphatic rings. The first-order chi connectivity index (χ1) is 18.8. The molecular formula is C28H31F9N2O2. The van der Waals surface area contributed by atoms with E-state index >= 15 is 0 Å². The fourth-order valence-corrected chi connectivity index (χ4v) is 5.31. The summed E-state index contributed by atoms with van der Waals surface area (Å²) in [5, 5.41) is 0. The number of carbonyl (C=O) groups is 1. The lowest BCUT2D eigenvalue weighted by Gasteiger charge is -2.35. The van der Waals surface area contributed by atoms with E-state index < -0.39 is 65.6 Å². The van der Waals surface area contributed by atoms with Crippen LogP contribution in [0.3, 0.4) is 0 Å². The van der Waals surface area contributed by atoms with Gasteiger partial charge < -0.3 is 4.74 Å². The van der Waals surface area contributed by atoms with Gasteiger partial charge in [-0.2, -0.15) is 39.5 Å². The molecule has 0 aliphatic carbocycles. The number of nitrogens with zero attached hydrogens (tertiary/aromatic N) is 2. The molecule has 1 saturated heterocycles. The Balaban J connectivity index is 2.07. The van der Waals surface area contributed by atoms with E-state index in [1.807, 2.05) is 27.7 Å². The smallest absolute Gasteiger partial charge is 0.416 e. The summed E-state index contributed by atoms with van der Waals surface area (Å²) in [6, 6.07) is 2.78. The van der Waals surface area contributed by atoms with Gasteiger partial charge in [-0.3, -0.25) is 9.80 Å². The Morgan fingerprint density at radius 3 is 1.83 bits per heavy atom. The van der Waals surface area contributed by atoms with Crippen LogP contribution < -0.4 is 0 Å². The third-order valence-corrected chi connectivity index (χ3v) is 7.32. The summed E-state index contributed by atoms with van der Waals surface area (Å²) in [6.45, 7) is 9.19. The van der Waals surface area contributed by atoms with Gasteiger partial charge in [0.05, 0.1) is 22.7 Å². The number of carbonyl (C=O) groups excluding carboxylic acids is 1. The lowest BCUT2D eigenvalue weighted by atomic mass is 9.93. The molecule has 13 heteroatoms. The third-order valence-electron chi connectivity index (χ3n) is 7.32. The summed E-state index contributed by atoms with van der Waals surface area (Å²) in [5.74, 6) is 0. The minimum absolute atomic E-state index is 0.0310. The first-order valence-corrected chi connectivity index (χ1v) is 13.0. The largest absolute Gasteiger partial charge is 0.439 e. The molecule has 0 radical (unpaired) electrons. The lowest BCUT2D eigenvalue weighted by Crippen LogP contribution is -2.36. The topological polar surface area (TPSA) is 32.8 Å². The van der Waals surface area contributed by atoms with Crippen LogP contribution in [0.25, 0.3) is 0 Å². The number of halogens is 9. The number of alkyl halides is 9. The molecule has 1 heterocycles. The predicted molar refractivity (Wildman–Crippen MR) is 133 cm³/mol. The molecule has 1 fully saturated rings. The lowest BCUT2D eigenvalue weighted by molar-refractivity contribution is -0.143. The highest BCUT2D eigenvalue weighted by molar-refractivity contribution is 5.71. The van der Waals surface area contributed by atoms with Gasteiger partial charge in [-0.25, -0.2) is 4.79 Å². The molecule has 0 N–H and O–H groups in total. The van der Waals surface area contributed by atoms with E-state index in [1.165, 1.54) is 13.0 Å². The predicted octanol–water partition coefficient (Wildman–Crippen LogP) is 9.01. The Bertz CT molecular complexity index is 1210. The second kappa shape index (κ2) is 11.7. The van der Waals surface area contributed by atoms with Gasteiger partial charge in [-0.15, -0.1) is 0 Å². The zero-order chi connectivity index (χ0) is 31.1. The molecule has 0 aromatic heterocycles. The fraction of sp³-hybridized carbons (Fsp3) is 0.536. The van der Waals surface area contributed by atoms with Crippen molar-refractivity contribution in [2.75, 3.05) is 6.54 Å². The molecule has 4 nitrogen and oxygen atoms in total. The van der Waals surface area contributed by atoms with Crippen molar-refractivity contribution in [1.82, 2.24) is 9.80 Å². The maximum absolute atomic E-state index is 13.7. The van der Waals surface area contributed by atoms with Crippen LogP contribution in [-0.2, 0) is 29.8 Å². The second-order valence-corrected chi connectivity index (χ2v) is 10.3. The maximum Gasteiger partial charge on any atom is 0.416 e. The molecule has 1 aliphatic heterocycles. The molecule has 2 aromatic rings. The van der Waals surface area contributed by atoms with E-state index in [9.17, 15) is 44.3 Å². The molecular weight excluding hydrogens is 567 g/mol. The molecule has 0 bridgehead atoms. The van der Waals surface area contributed by atoms with Crippen molar-refractivity contribution in [2.45, 2.75) is 90.3 Å². The van der Waals surface area contributed by atoms with Crippen LogP contribution in [0.5, 0.6) is 0 Å². The Kier molecular flexibility index (Phi) is 9.31. The van der Waals surface area contributed by atoms with Crippen molar-refractivity contribution < 1.29 is 49.0 Å². The Labute approximate surface area is 232 Å². The van der Waals surface area contributed by atoms with Gasteiger partial charge in [-0.1, -0.05) is 19.9 Å². The summed E-state index contributed by atoms with van der Waals surface area (Å²) < 4.78 is 127. The molecule has 41 heavy (non-hydrogen) atoms.